The van der Waals surface area contributed by atoms with Gasteiger partial charge in [0.05, 0.1) is 6.61 Å². The van der Waals surface area contributed by atoms with E-state index in [1.165, 1.54) is 45.1 Å². The van der Waals surface area contributed by atoms with Crippen molar-refractivity contribution in [2.75, 3.05) is 13.2 Å². The zero-order valence-electron chi connectivity index (χ0n) is 8.22. The molecule has 1 saturated heterocycles. The summed E-state index contributed by atoms with van der Waals surface area (Å²) in [5.74, 6) is 1.82. The lowest BCUT2D eigenvalue weighted by Crippen LogP contribution is -2.53. The molecule has 2 saturated carbocycles. The van der Waals surface area contributed by atoms with Gasteiger partial charge in [-0.2, -0.15) is 0 Å². The highest BCUT2D eigenvalue weighted by Crippen LogP contribution is 2.41. The van der Waals surface area contributed by atoms with Crippen LogP contribution < -0.4 is 5.32 Å². The molecule has 0 radical (unpaired) electrons. The molecule has 2 aliphatic carbocycles. The fraction of sp³-hybridized carbons (Fsp3) is 1.00. The van der Waals surface area contributed by atoms with Crippen molar-refractivity contribution in [2.45, 2.75) is 44.2 Å². The summed E-state index contributed by atoms with van der Waals surface area (Å²) in [6.45, 7) is 2.24. The third kappa shape index (κ3) is 1.50. The molecule has 1 aliphatic heterocycles. The fourth-order valence-corrected chi connectivity index (χ4v) is 2.83. The quantitative estimate of drug-likeness (QED) is 0.667. The molecular weight excluding hydrogens is 162 g/mol. The van der Waals surface area contributed by atoms with Gasteiger partial charge in [0.15, 0.2) is 0 Å². The Morgan fingerprint density at radius 2 is 1.85 bits per heavy atom. The van der Waals surface area contributed by atoms with Crippen LogP contribution >= 0.6 is 0 Å². The summed E-state index contributed by atoms with van der Waals surface area (Å²) in [5, 5.41) is 3.64. The summed E-state index contributed by atoms with van der Waals surface area (Å²) >= 11 is 0. The standard InChI is InChI=1S/C11H19NO/c1-2-6-11(5-1)12-7-10(8-13-11)9-3-4-9/h9-10,12H,1-8H2. The Balaban J connectivity index is 1.59. The Labute approximate surface area is 80.0 Å². The van der Waals surface area contributed by atoms with E-state index >= 15 is 0 Å². The largest absolute Gasteiger partial charge is 0.360 e. The lowest BCUT2D eigenvalue weighted by Gasteiger charge is -2.38. The van der Waals surface area contributed by atoms with E-state index in [0.29, 0.717) is 0 Å². The zero-order valence-corrected chi connectivity index (χ0v) is 8.22. The van der Waals surface area contributed by atoms with Gasteiger partial charge in [0.25, 0.3) is 0 Å². The average molecular weight is 181 g/mol. The number of rotatable bonds is 1. The van der Waals surface area contributed by atoms with Gasteiger partial charge in [-0.25, -0.2) is 0 Å². The van der Waals surface area contributed by atoms with Crippen molar-refractivity contribution in [1.29, 1.82) is 0 Å². The van der Waals surface area contributed by atoms with Crippen molar-refractivity contribution < 1.29 is 4.74 Å². The van der Waals surface area contributed by atoms with Crippen LogP contribution in [0, 0.1) is 11.8 Å². The number of hydrogen-bond acceptors (Lipinski definition) is 2. The number of hydrogen-bond donors (Lipinski definition) is 1. The maximum Gasteiger partial charge on any atom is 0.119 e. The third-order valence-corrected chi connectivity index (χ3v) is 3.96. The van der Waals surface area contributed by atoms with E-state index in [-0.39, 0.29) is 5.72 Å². The monoisotopic (exact) mass is 181 g/mol. The summed E-state index contributed by atoms with van der Waals surface area (Å²) < 4.78 is 6.03. The summed E-state index contributed by atoms with van der Waals surface area (Å²) in [5.41, 5.74) is 0.116. The molecule has 1 spiro atoms. The molecule has 0 bridgehead atoms. The highest BCUT2D eigenvalue weighted by atomic mass is 16.5. The SMILES string of the molecule is C1CCC2(C1)NCC(C1CC1)CO2. The van der Waals surface area contributed by atoms with Crippen LogP contribution in [0.4, 0.5) is 0 Å². The van der Waals surface area contributed by atoms with Gasteiger partial charge in [-0.1, -0.05) is 0 Å². The van der Waals surface area contributed by atoms with Crippen LogP contribution in [0.1, 0.15) is 38.5 Å². The van der Waals surface area contributed by atoms with Gasteiger partial charge in [0, 0.05) is 6.54 Å². The minimum atomic E-state index is 0.116. The lowest BCUT2D eigenvalue weighted by molar-refractivity contribution is -0.114. The molecule has 0 aromatic rings. The molecule has 0 amide bonds. The molecule has 1 atom stereocenters. The predicted molar refractivity (Wildman–Crippen MR) is 51.4 cm³/mol. The van der Waals surface area contributed by atoms with Crippen LogP contribution in [0.15, 0.2) is 0 Å². The Bertz CT molecular complexity index is 184. The maximum atomic E-state index is 6.03. The first kappa shape index (κ1) is 8.25. The van der Waals surface area contributed by atoms with E-state index in [0.717, 1.165) is 18.4 Å². The second kappa shape index (κ2) is 2.96. The predicted octanol–water partition coefficient (Wildman–Crippen LogP) is 1.90. The second-order valence-electron chi connectivity index (χ2n) is 4.99. The minimum absolute atomic E-state index is 0.116. The van der Waals surface area contributed by atoms with Crippen LogP contribution in [-0.4, -0.2) is 18.9 Å². The average Bonchev–Trinajstić information content (AvgIpc) is 2.91. The van der Waals surface area contributed by atoms with E-state index < -0.39 is 0 Å². The van der Waals surface area contributed by atoms with Crippen molar-refractivity contribution in [1.82, 2.24) is 5.32 Å². The smallest absolute Gasteiger partial charge is 0.119 e. The van der Waals surface area contributed by atoms with E-state index in [1.807, 2.05) is 0 Å². The van der Waals surface area contributed by atoms with Gasteiger partial charge in [-0.15, -0.1) is 0 Å². The molecule has 0 aromatic carbocycles. The van der Waals surface area contributed by atoms with Gasteiger partial charge < -0.3 is 4.74 Å². The van der Waals surface area contributed by atoms with Crippen LogP contribution in [0.25, 0.3) is 0 Å². The molecule has 3 rings (SSSR count). The Morgan fingerprint density at radius 1 is 1.08 bits per heavy atom. The maximum absolute atomic E-state index is 6.03. The van der Waals surface area contributed by atoms with Crippen molar-refractivity contribution in [3.63, 3.8) is 0 Å². The van der Waals surface area contributed by atoms with Crippen molar-refractivity contribution in [2.24, 2.45) is 11.8 Å². The highest BCUT2D eigenvalue weighted by Gasteiger charge is 2.42. The molecule has 3 fully saturated rings. The van der Waals surface area contributed by atoms with Crippen LogP contribution in [-0.2, 0) is 4.74 Å². The van der Waals surface area contributed by atoms with Crippen LogP contribution in [0.5, 0.6) is 0 Å². The number of ether oxygens (including phenoxy) is 1. The third-order valence-electron chi connectivity index (χ3n) is 3.96. The molecular formula is C11H19NO. The first-order valence-corrected chi connectivity index (χ1v) is 5.77. The van der Waals surface area contributed by atoms with Gasteiger partial charge in [0.2, 0.25) is 0 Å². The summed E-state index contributed by atoms with van der Waals surface area (Å²) in [6.07, 6.45) is 8.07. The Morgan fingerprint density at radius 3 is 2.38 bits per heavy atom. The van der Waals surface area contributed by atoms with E-state index in [9.17, 15) is 0 Å². The molecule has 2 nitrogen and oxygen atoms in total. The van der Waals surface area contributed by atoms with Crippen LogP contribution in [0.2, 0.25) is 0 Å². The Hall–Kier alpha value is -0.0800. The number of nitrogens with one attached hydrogen (secondary N) is 1. The fourth-order valence-electron chi connectivity index (χ4n) is 2.83. The molecule has 74 valence electrons. The molecule has 13 heavy (non-hydrogen) atoms. The van der Waals surface area contributed by atoms with Crippen molar-refractivity contribution >= 4 is 0 Å². The lowest BCUT2D eigenvalue weighted by atomic mass is 10.0. The molecule has 1 N–H and O–H groups in total. The van der Waals surface area contributed by atoms with Crippen molar-refractivity contribution in [3.05, 3.63) is 0 Å². The van der Waals surface area contributed by atoms with Gasteiger partial charge in [-0.3, -0.25) is 5.32 Å². The Kier molecular flexibility index (Phi) is 1.88. The second-order valence-corrected chi connectivity index (χ2v) is 4.99. The normalized spacial score (nSPS) is 38.3. The molecule has 0 aromatic heterocycles. The topological polar surface area (TPSA) is 21.3 Å². The first-order chi connectivity index (χ1) is 6.38. The van der Waals surface area contributed by atoms with Gasteiger partial charge in [0.1, 0.15) is 5.72 Å². The molecule has 2 heteroatoms. The highest BCUT2D eigenvalue weighted by molar-refractivity contribution is 4.92. The summed E-state index contributed by atoms with van der Waals surface area (Å²) in [7, 11) is 0. The molecule has 1 heterocycles. The first-order valence-electron chi connectivity index (χ1n) is 5.77. The summed E-state index contributed by atoms with van der Waals surface area (Å²) in [6, 6.07) is 0. The van der Waals surface area contributed by atoms with E-state index in [2.05, 4.69) is 5.32 Å². The zero-order chi connectivity index (χ0) is 8.73. The molecule has 1 unspecified atom stereocenters. The van der Waals surface area contributed by atoms with Crippen molar-refractivity contribution in [3.8, 4) is 0 Å². The molecule has 3 aliphatic rings. The summed E-state index contributed by atoms with van der Waals surface area (Å²) in [4.78, 5) is 0. The van der Waals surface area contributed by atoms with E-state index in [1.54, 1.807) is 0 Å². The van der Waals surface area contributed by atoms with Gasteiger partial charge in [-0.05, 0) is 50.4 Å². The van der Waals surface area contributed by atoms with E-state index in [4.69, 9.17) is 4.74 Å². The van der Waals surface area contributed by atoms with Crippen LogP contribution in [0.3, 0.4) is 0 Å². The van der Waals surface area contributed by atoms with Gasteiger partial charge >= 0.3 is 0 Å². The minimum Gasteiger partial charge on any atom is -0.360 e.